The minimum atomic E-state index is -0.471. The molecule has 24 heavy (non-hydrogen) atoms. The number of H-pyrrole nitrogens is 1. The second kappa shape index (κ2) is 5.95. The summed E-state index contributed by atoms with van der Waals surface area (Å²) in [6, 6.07) is 9.60. The maximum absolute atomic E-state index is 12.1. The molecular weight excluding hydrogens is 370 g/mol. The molecule has 0 amide bonds. The van der Waals surface area contributed by atoms with E-state index in [-0.39, 0.29) is 5.78 Å². The van der Waals surface area contributed by atoms with E-state index in [4.69, 9.17) is 0 Å². The molecule has 6 nitrogen and oxygen atoms in total. The fourth-order valence-corrected chi connectivity index (χ4v) is 3.66. The smallest absolute Gasteiger partial charge is 0.177 e. The van der Waals surface area contributed by atoms with Crippen molar-refractivity contribution in [3.05, 3.63) is 56.8 Å². The van der Waals surface area contributed by atoms with Crippen molar-refractivity contribution in [1.82, 2.24) is 10.2 Å². The Morgan fingerprint density at radius 3 is 2.71 bits per heavy atom. The van der Waals surface area contributed by atoms with Gasteiger partial charge < -0.3 is 4.90 Å². The Balaban J connectivity index is 2.35. The molecule has 1 aliphatic heterocycles. The number of likely N-dealkylation sites (N-methyl/N-ethyl adjacent to an activating group) is 1. The summed E-state index contributed by atoms with van der Waals surface area (Å²) in [4.78, 5) is 13.8. The number of hydrogen-bond acceptors (Lipinski definition) is 5. The van der Waals surface area contributed by atoms with E-state index in [1.807, 2.05) is 6.07 Å². The number of allylic oxidation sites excluding steroid dienone is 2. The zero-order chi connectivity index (χ0) is 17.4. The highest BCUT2D eigenvalue weighted by Crippen LogP contribution is 2.45. The van der Waals surface area contributed by atoms with Gasteiger partial charge in [-0.25, -0.2) is 0 Å². The summed E-state index contributed by atoms with van der Waals surface area (Å²) in [7, 11) is 1.72. The first-order chi connectivity index (χ1) is 11.5. The van der Waals surface area contributed by atoms with Gasteiger partial charge in [0.1, 0.15) is 17.6 Å². The SMILES string of the molecule is CC(=O)C1=C(C#N)C(c2cccc(C#N)c2Br)c2cn[nH]c2N1C. The molecule has 0 fully saturated rings. The number of nitriles is 2. The van der Waals surface area contributed by atoms with Crippen LogP contribution in [0.15, 0.2) is 40.1 Å². The molecule has 1 N–H and O–H groups in total. The molecule has 1 unspecified atom stereocenters. The number of aromatic nitrogens is 2. The molecule has 1 atom stereocenters. The van der Waals surface area contributed by atoms with E-state index >= 15 is 0 Å². The Hall–Kier alpha value is -2.90. The summed E-state index contributed by atoms with van der Waals surface area (Å²) in [5.74, 6) is -0.00755. The standard InChI is InChI=1S/C17H12BrN5O/c1-9(24)16-12(7-20)14(13-8-21-22-17(13)23(16)2)11-5-3-4-10(6-19)15(11)18/h3-5,8,14H,1-2H3,(H,21,22). The Labute approximate surface area is 147 Å². The Bertz CT molecular complexity index is 960. The van der Waals surface area contributed by atoms with Crippen LogP contribution in [0.5, 0.6) is 0 Å². The van der Waals surface area contributed by atoms with Crippen LogP contribution in [0, 0.1) is 22.7 Å². The quantitative estimate of drug-likeness (QED) is 0.861. The van der Waals surface area contributed by atoms with Gasteiger partial charge >= 0.3 is 0 Å². The number of nitrogens with one attached hydrogen (secondary N) is 1. The maximum Gasteiger partial charge on any atom is 0.177 e. The van der Waals surface area contributed by atoms with Gasteiger partial charge in [-0.1, -0.05) is 12.1 Å². The van der Waals surface area contributed by atoms with Crippen LogP contribution >= 0.6 is 15.9 Å². The lowest BCUT2D eigenvalue weighted by Gasteiger charge is -2.31. The summed E-state index contributed by atoms with van der Waals surface area (Å²) in [5.41, 5.74) is 2.68. The largest absolute Gasteiger partial charge is 0.326 e. The molecule has 0 aliphatic carbocycles. The average Bonchev–Trinajstić information content (AvgIpc) is 3.04. The normalized spacial score (nSPS) is 16.4. The highest BCUT2D eigenvalue weighted by atomic mass is 79.9. The molecule has 1 aromatic heterocycles. The lowest BCUT2D eigenvalue weighted by molar-refractivity contribution is -0.113. The van der Waals surface area contributed by atoms with Crippen LogP contribution in [0.4, 0.5) is 5.82 Å². The first kappa shape index (κ1) is 16.0. The summed E-state index contributed by atoms with van der Waals surface area (Å²) in [6.45, 7) is 1.43. The first-order valence-corrected chi connectivity index (χ1v) is 7.91. The number of Topliss-reactive ketones (excluding diaryl/α,β-unsaturated/α-hetero) is 1. The molecular formula is C17H12BrN5O. The number of nitrogens with zero attached hydrogens (tertiary/aromatic N) is 4. The Kier molecular flexibility index (Phi) is 3.96. The maximum atomic E-state index is 12.1. The lowest BCUT2D eigenvalue weighted by Crippen LogP contribution is -2.30. The minimum Gasteiger partial charge on any atom is -0.326 e. The van der Waals surface area contributed by atoms with E-state index in [0.717, 1.165) is 11.1 Å². The molecule has 2 heterocycles. The molecule has 0 saturated carbocycles. The molecule has 0 spiro atoms. The van der Waals surface area contributed by atoms with Gasteiger partial charge in [-0.3, -0.25) is 9.89 Å². The fourth-order valence-electron chi connectivity index (χ4n) is 3.08. The van der Waals surface area contributed by atoms with Crippen molar-refractivity contribution in [3.63, 3.8) is 0 Å². The summed E-state index contributed by atoms with van der Waals surface area (Å²) >= 11 is 3.46. The predicted octanol–water partition coefficient (Wildman–Crippen LogP) is 2.99. The zero-order valence-corrected chi connectivity index (χ0v) is 14.5. The van der Waals surface area contributed by atoms with E-state index in [1.54, 1.807) is 30.3 Å². The number of anilines is 1. The van der Waals surface area contributed by atoms with Crippen LogP contribution in [0.3, 0.4) is 0 Å². The highest BCUT2D eigenvalue weighted by Gasteiger charge is 2.36. The number of ketones is 1. The van der Waals surface area contributed by atoms with Gasteiger partial charge in [0.25, 0.3) is 0 Å². The Morgan fingerprint density at radius 2 is 2.08 bits per heavy atom. The number of carbonyl (C=O) groups is 1. The van der Waals surface area contributed by atoms with E-state index < -0.39 is 5.92 Å². The number of hydrogen-bond donors (Lipinski definition) is 1. The summed E-state index contributed by atoms with van der Waals surface area (Å²) in [6.07, 6.45) is 1.65. The molecule has 0 radical (unpaired) electrons. The van der Waals surface area contributed by atoms with Crippen molar-refractivity contribution in [2.45, 2.75) is 12.8 Å². The second-order valence-corrected chi connectivity index (χ2v) is 6.21. The van der Waals surface area contributed by atoms with Crippen LogP contribution in [0.25, 0.3) is 0 Å². The number of aromatic amines is 1. The van der Waals surface area contributed by atoms with Gasteiger partial charge in [-0.05, 0) is 27.6 Å². The lowest BCUT2D eigenvalue weighted by atomic mass is 9.81. The monoisotopic (exact) mass is 381 g/mol. The van der Waals surface area contributed by atoms with Gasteiger partial charge in [0.15, 0.2) is 5.78 Å². The van der Waals surface area contributed by atoms with Gasteiger partial charge in [0.2, 0.25) is 0 Å². The predicted molar refractivity (Wildman–Crippen MR) is 91.0 cm³/mol. The van der Waals surface area contributed by atoms with E-state index in [0.29, 0.717) is 27.1 Å². The fraction of sp³-hybridized carbons (Fsp3) is 0.176. The third-order valence-electron chi connectivity index (χ3n) is 4.09. The molecule has 0 saturated heterocycles. The van der Waals surface area contributed by atoms with Crippen LogP contribution in [0.1, 0.15) is 29.5 Å². The number of carbonyl (C=O) groups excluding carboxylic acids is 1. The van der Waals surface area contributed by atoms with Crippen molar-refractivity contribution in [2.24, 2.45) is 0 Å². The van der Waals surface area contributed by atoms with Crippen LogP contribution in [-0.2, 0) is 4.79 Å². The summed E-state index contributed by atoms with van der Waals surface area (Å²) in [5, 5.41) is 26.0. The van der Waals surface area contributed by atoms with Gasteiger partial charge in [-0.2, -0.15) is 15.6 Å². The molecule has 3 rings (SSSR count). The average molecular weight is 382 g/mol. The van der Waals surface area contributed by atoms with Crippen LogP contribution < -0.4 is 4.90 Å². The van der Waals surface area contributed by atoms with E-state index in [9.17, 15) is 15.3 Å². The Morgan fingerprint density at radius 1 is 1.33 bits per heavy atom. The molecule has 7 heteroatoms. The molecule has 1 aromatic carbocycles. The van der Waals surface area contributed by atoms with Gasteiger partial charge in [0.05, 0.1) is 29.3 Å². The third-order valence-corrected chi connectivity index (χ3v) is 4.97. The van der Waals surface area contributed by atoms with Crippen molar-refractivity contribution in [2.75, 3.05) is 11.9 Å². The first-order valence-electron chi connectivity index (χ1n) is 7.12. The highest BCUT2D eigenvalue weighted by molar-refractivity contribution is 9.10. The van der Waals surface area contributed by atoms with Crippen molar-refractivity contribution >= 4 is 27.5 Å². The van der Waals surface area contributed by atoms with Crippen molar-refractivity contribution < 1.29 is 4.79 Å². The van der Waals surface area contributed by atoms with E-state index in [1.165, 1.54) is 6.92 Å². The third kappa shape index (κ3) is 2.22. The number of rotatable bonds is 2. The molecule has 1 aliphatic rings. The second-order valence-electron chi connectivity index (χ2n) is 5.42. The van der Waals surface area contributed by atoms with Gasteiger partial charge in [-0.15, -0.1) is 0 Å². The molecule has 0 bridgehead atoms. The van der Waals surface area contributed by atoms with Crippen LogP contribution in [-0.4, -0.2) is 23.0 Å². The topological polar surface area (TPSA) is 96.6 Å². The van der Waals surface area contributed by atoms with E-state index in [2.05, 4.69) is 38.3 Å². The zero-order valence-electron chi connectivity index (χ0n) is 13.0. The summed E-state index contributed by atoms with van der Waals surface area (Å²) < 4.78 is 0.616. The number of benzene rings is 1. The molecule has 118 valence electrons. The molecule has 2 aromatic rings. The van der Waals surface area contributed by atoms with Crippen molar-refractivity contribution in [1.29, 1.82) is 10.5 Å². The van der Waals surface area contributed by atoms with Gasteiger partial charge in [0, 0.05) is 24.0 Å². The van der Waals surface area contributed by atoms with Crippen molar-refractivity contribution in [3.8, 4) is 12.1 Å². The number of fused-ring (bicyclic) bond motifs is 1. The van der Waals surface area contributed by atoms with Crippen LogP contribution in [0.2, 0.25) is 0 Å². The number of halogens is 1. The minimum absolute atomic E-state index is 0.202.